The Morgan fingerprint density at radius 3 is 2.23 bits per heavy atom. The predicted octanol–water partition coefficient (Wildman–Crippen LogP) is 2.28. The van der Waals surface area contributed by atoms with Gasteiger partial charge < -0.3 is 0 Å². The van der Waals surface area contributed by atoms with Crippen LogP contribution in [0.1, 0.15) is 19.8 Å². The van der Waals surface area contributed by atoms with Gasteiger partial charge in [-0.2, -0.15) is 13.2 Å². The Morgan fingerprint density at radius 2 is 1.85 bits per heavy atom. The summed E-state index contributed by atoms with van der Waals surface area (Å²) in [5.41, 5.74) is 0. The zero-order valence-corrected chi connectivity index (χ0v) is 7.95. The van der Waals surface area contributed by atoms with Gasteiger partial charge in [0, 0.05) is 11.5 Å². The van der Waals surface area contributed by atoms with Gasteiger partial charge in [-0.25, -0.2) is 8.42 Å². The van der Waals surface area contributed by atoms with E-state index in [4.69, 9.17) is 0 Å². The SMILES string of the molecule is CCCCS(=O)(=O)/C=C\C(F)(F)F. The van der Waals surface area contributed by atoms with Crippen molar-refractivity contribution in [3.63, 3.8) is 0 Å². The molecule has 0 radical (unpaired) electrons. The van der Waals surface area contributed by atoms with Gasteiger partial charge in [-0.05, 0) is 6.42 Å². The molecule has 6 heteroatoms. The van der Waals surface area contributed by atoms with Crippen molar-refractivity contribution in [2.75, 3.05) is 5.75 Å². The number of hydrogen-bond acceptors (Lipinski definition) is 2. The first-order valence-corrected chi connectivity index (χ1v) is 5.47. The fraction of sp³-hybridized carbons (Fsp3) is 0.714. The molecule has 0 rings (SSSR count). The van der Waals surface area contributed by atoms with Gasteiger partial charge in [-0.1, -0.05) is 13.3 Å². The van der Waals surface area contributed by atoms with Gasteiger partial charge in [0.25, 0.3) is 0 Å². The summed E-state index contributed by atoms with van der Waals surface area (Å²) in [5.74, 6) is -0.226. The molecule has 0 aliphatic rings. The van der Waals surface area contributed by atoms with Gasteiger partial charge in [0.1, 0.15) is 0 Å². The molecule has 0 heterocycles. The van der Waals surface area contributed by atoms with E-state index in [0.29, 0.717) is 12.8 Å². The minimum Gasteiger partial charge on any atom is -0.224 e. The van der Waals surface area contributed by atoms with Crippen molar-refractivity contribution in [2.45, 2.75) is 25.9 Å². The van der Waals surface area contributed by atoms with Crippen molar-refractivity contribution in [3.05, 3.63) is 11.5 Å². The first-order valence-electron chi connectivity index (χ1n) is 3.75. The van der Waals surface area contributed by atoms with Crippen molar-refractivity contribution in [2.24, 2.45) is 0 Å². The Hall–Kier alpha value is -0.520. The van der Waals surface area contributed by atoms with Crippen LogP contribution < -0.4 is 0 Å². The highest BCUT2D eigenvalue weighted by Gasteiger charge is 2.23. The molecule has 13 heavy (non-hydrogen) atoms. The zero-order valence-electron chi connectivity index (χ0n) is 7.13. The highest BCUT2D eigenvalue weighted by molar-refractivity contribution is 7.94. The molecular formula is C7H11F3O2S. The number of allylic oxidation sites excluding steroid dienone is 1. The molecule has 0 N–H and O–H groups in total. The van der Waals surface area contributed by atoms with E-state index < -0.39 is 16.0 Å². The van der Waals surface area contributed by atoms with Crippen molar-refractivity contribution in [1.82, 2.24) is 0 Å². The molecule has 78 valence electrons. The molecule has 0 atom stereocenters. The monoisotopic (exact) mass is 216 g/mol. The average molecular weight is 216 g/mol. The van der Waals surface area contributed by atoms with Crippen LogP contribution in [-0.2, 0) is 9.84 Å². The lowest BCUT2D eigenvalue weighted by Crippen LogP contribution is -2.06. The fourth-order valence-electron chi connectivity index (χ4n) is 0.594. The van der Waals surface area contributed by atoms with Crippen molar-refractivity contribution in [1.29, 1.82) is 0 Å². The van der Waals surface area contributed by atoms with Gasteiger partial charge in [-0.15, -0.1) is 0 Å². The first-order chi connectivity index (χ1) is 5.77. The van der Waals surface area contributed by atoms with Crippen LogP contribution >= 0.6 is 0 Å². The molecule has 0 spiro atoms. The highest BCUT2D eigenvalue weighted by atomic mass is 32.2. The van der Waals surface area contributed by atoms with Crippen molar-refractivity contribution < 1.29 is 21.6 Å². The van der Waals surface area contributed by atoms with Crippen molar-refractivity contribution >= 4 is 9.84 Å². The van der Waals surface area contributed by atoms with Gasteiger partial charge in [0.05, 0.1) is 5.75 Å². The molecule has 0 saturated heterocycles. The predicted molar refractivity (Wildman–Crippen MR) is 43.9 cm³/mol. The van der Waals surface area contributed by atoms with E-state index in [2.05, 4.69) is 0 Å². The number of hydrogen-bond donors (Lipinski definition) is 0. The standard InChI is InChI=1S/C7H11F3O2S/c1-2-3-5-13(11,12)6-4-7(8,9)10/h4,6H,2-3,5H2,1H3/b6-4-. The van der Waals surface area contributed by atoms with Gasteiger partial charge in [-0.3, -0.25) is 0 Å². The molecule has 0 aliphatic heterocycles. The molecule has 0 unspecified atom stereocenters. The lowest BCUT2D eigenvalue weighted by atomic mass is 10.4. The maximum Gasteiger partial charge on any atom is 0.410 e. The molecule has 0 saturated carbocycles. The maximum absolute atomic E-state index is 11.6. The number of sulfone groups is 1. The summed E-state index contributed by atoms with van der Waals surface area (Å²) in [6.07, 6.45) is -3.79. The molecule has 0 amide bonds. The molecule has 2 nitrogen and oxygen atoms in total. The van der Waals surface area contributed by atoms with Gasteiger partial charge in [0.2, 0.25) is 0 Å². The molecule has 0 aromatic rings. The van der Waals surface area contributed by atoms with Gasteiger partial charge >= 0.3 is 6.18 Å². The Balaban J connectivity index is 4.26. The fourth-order valence-corrected chi connectivity index (χ4v) is 1.78. The van der Waals surface area contributed by atoms with Crippen LogP contribution in [0, 0.1) is 0 Å². The van der Waals surface area contributed by atoms with Gasteiger partial charge in [0.15, 0.2) is 9.84 Å². The summed E-state index contributed by atoms with van der Waals surface area (Å²) in [5, 5.41) is 0.225. The third-order valence-corrected chi connectivity index (χ3v) is 2.66. The zero-order chi connectivity index (χ0) is 10.5. The van der Waals surface area contributed by atoms with E-state index in [-0.39, 0.29) is 17.2 Å². The largest absolute Gasteiger partial charge is 0.410 e. The number of halogens is 3. The third kappa shape index (κ3) is 7.83. The summed E-state index contributed by atoms with van der Waals surface area (Å²) in [6.45, 7) is 1.77. The molecule has 0 aromatic heterocycles. The van der Waals surface area contributed by atoms with E-state index in [1.807, 2.05) is 0 Å². The second-order valence-corrected chi connectivity index (χ2v) is 4.57. The molecule has 0 fully saturated rings. The van der Waals surface area contributed by atoms with E-state index in [1.54, 1.807) is 6.92 Å². The molecular weight excluding hydrogens is 205 g/mol. The van der Waals surface area contributed by atoms with E-state index in [0.717, 1.165) is 0 Å². The molecule has 0 bridgehead atoms. The highest BCUT2D eigenvalue weighted by Crippen LogP contribution is 2.16. The van der Waals surface area contributed by atoms with E-state index in [1.165, 1.54) is 0 Å². The second-order valence-electron chi connectivity index (χ2n) is 2.56. The Morgan fingerprint density at radius 1 is 1.31 bits per heavy atom. The summed E-state index contributed by atoms with van der Waals surface area (Å²) < 4.78 is 56.4. The molecule has 0 aromatic carbocycles. The number of alkyl halides is 3. The maximum atomic E-state index is 11.6. The smallest absolute Gasteiger partial charge is 0.224 e. The van der Waals surface area contributed by atoms with Crippen LogP contribution in [0.3, 0.4) is 0 Å². The Labute approximate surface area is 75.4 Å². The Kier molecular flexibility index (Phi) is 4.46. The van der Waals surface area contributed by atoms with E-state index in [9.17, 15) is 21.6 Å². The van der Waals surface area contributed by atoms with Crippen LogP contribution in [0.25, 0.3) is 0 Å². The topological polar surface area (TPSA) is 34.1 Å². The lowest BCUT2D eigenvalue weighted by Gasteiger charge is -1.98. The third-order valence-electron chi connectivity index (χ3n) is 1.25. The number of rotatable bonds is 4. The Bertz CT molecular complexity index is 264. The van der Waals surface area contributed by atoms with E-state index >= 15 is 0 Å². The van der Waals surface area contributed by atoms with Crippen molar-refractivity contribution in [3.8, 4) is 0 Å². The van der Waals surface area contributed by atoms with Crippen LogP contribution in [0.2, 0.25) is 0 Å². The van der Waals surface area contributed by atoms with Crippen LogP contribution in [0.4, 0.5) is 13.2 Å². The summed E-state index contributed by atoms with van der Waals surface area (Å²) in [6, 6.07) is 0. The molecule has 0 aliphatic carbocycles. The second kappa shape index (κ2) is 4.64. The first kappa shape index (κ1) is 12.5. The summed E-state index contributed by atoms with van der Waals surface area (Å²) in [4.78, 5) is 0. The average Bonchev–Trinajstić information content (AvgIpc) is 1.97. The van der Waals surface area contributed by atoms with Crippen LogP contribution in [0.5, 0.6) is 0 Å². The minimum absolute atomic E-state index is 0.225. The quantitative estimate of drug-likeness (QED) is 0.722. The minimum atomic E-state index is -4.56. The lowest BCUT2D eigenvalue weighted by molar-refractivity contribution is -0.0797. The van der Waals surface area contributed by atoms with Crippen LogP contribution in [-0.4, -0.2) is 20.3 Å². The summed E-state index contributed by atoms with van der Waals surface area (Å²) >= 11 is 0. The summed E-state index contributed by atoms with van der Waals surface area (Å²) in [7, 11) is -3.68. The normalized spacial score (nSPS) is 13.8. The number of unbranched alkanes of at least 4 members (excludes halogenated alkanes) is 1. The van der Waals surface area contributed by atoms with Crippen LogP contribution in [0.15, 0.2) is 11.5 Å².